The Morgan fingerprint density at radius 3 is 2.67 bits per heavy atom. The van der Waals surface area contributed by atoms with Crippen molar-refractivity contribution in [2.24, 2.45) is 11.7 Å². The van der Waals surface area contributed by atoms with Gasteiger partial charge in [0.1, 0.15) is 0 Å². The fourth-order valence-electron chi connectivity index (χ4n) is 2.01. The first-order chi connectivity index (χ1) is 6.98. The highest BCUT2D eigenvalue weighted by atomic mass is 32.2. The summed E-state index contributed by atoms with van der Waals surface area (Å²) >= 11 is 0. The van der Waals surface area contributed by atoms with Crippen molar-refractivity contribution in [3.8, 4) is 0 Å². The summed E-state index contributed by atoms with van der Waals surface area (Å²) in [5, 5.41) is 0. The van der Waals surface area contributed by atoms with Gasteiger partial charge in [0.05, 0.1) is 11.5 Å². The van der Waals surface area contributed by atoms with E-state index in [1.807, 2.05) is 6.92 Å². The second kappa shape index (κ2) is 5.27. The molecule has 2 atom stereocenters. The molecule has 0 bridgehead atoms. The summed E-state index contributed by atoms with van der Waals surface area (Å²) < 4.78 is 22.8. The van der Waals surface area contributed by atoms with E-state index in [2.05, 4.69) is 11.8 Å². The van der Waals surface area contributed by atoms with Gasteiger partial charge in [-0.05, 0) is 19.4 Å². The van der Waals surface area contributed by atoms with Crippen molar-refractivity contribution in [2.75, 3.05) is 31.1 Å². The molecule has 5 heteroatoms. The lowest BCUT2D eigenvalue weighted by Crippen LogP contribution is -2.49. The van der Waals surface area contributed by atoms with Crippen LogP contribution in [0.4, 0.5) is 0 Å². The first-order valence-electron chi connectivity index (χ1n) is 5.63. The van der Waals surface area contributed by atoms with Gasteiger partial charge < -0.3 is 5.73 Å². The van der Waals surface area contributed by atoms with E-state index in [1.165, 1.54) is 0 Å². The summed E-state index contributed by atoms with van der Waals surface area (Å²) in [5.41, 5.74) is 5.65. The van der Waals surface area contributed by atoms with Crippen molar-refractivity contribution in [3.05, 3.63) is 0 Å². The minimum absolute atomic E-state index is 0.143. The molecular formula is C10H22N2O2S. The Bertz CT molecular complexity index is 286. The summed E-state index contributed by atoms with van der Waals surface area (Å²) in [5.74, 6) is 1.10. The van der Waals surface area contributed by atoms with Crippen LogP contribution in [0.1, 0.15) is 20.3 Å². The maximum absolute atomic E-state index is 11.4. The molecule has 1 fully saturated rings. The van der Waals surface area contributed by atoms with E-state index in [4.69, 9.17) is 5.73 Å². The van der Waals surface area contributed by atoms with Gasteiger partial charge in [-0.3, -0.25) is 4.90 Å². The SMILES string of the molecule is CCC(CN)CN1CCS(=O)(=O)CC1C. The molecule has 0 aromatic carbocycles. The number of nitrogens with zero attached hydrogens (tertiary/aromatic N) is 1. The summed E-state index contributed by atoms with van der Waals surface area (Å²) in [4.78, 5) is 2.25. The molecule has 1 saturated heterocycles. The minimum Gasteiger partial charge on any atom is -0.330 e. The van der Waals surface area contributed by atoms with Crippen LogP contribution in [0.15, 0.2) is 0 Å². The third-order valence-electron chi connectivity index (χ3n) is 3.21. The van der Waals surface area contributed by atoms with E-state index in [-0.39, 0.29) is 6.04 Å². The van der Waals surface area contributed by atoms with Crippen molar-refractivity contribution in [3.63, 3.8) is 0 Å². The number of rotatable bonds is 4. The zero-order chi connectivity index (χ0) is 11.5. The Hall–Kier alpha value is -0.130. The smallest absolute Gasteiger partial charge is 0.153 e. The summed E-state index contributed by atoms with van der Waals surface area (Å²) in [6.07, 6.45) is 1.06. The average Bonchev–Trinajstić information content (AvgIpc) is 2.16. The second-order valence-corrected chi connectivity index (χ2v) is 6.70. The summed E-state index contributed by atoms with van der Waals surface area (Å²) in [6, 6.07) is 0.143. The largest absolute Gasteiger partial charge is 0.330 e. The molecule has 0 spiro atoms. The van der Waals surface area contributed by atoms with E-state index >= 15 is 0 Å². The summed E-state index contributed by atoms with van der Waals surface area (Å²) in [6.45, 7) is 6.40. The molecule has 1 aliphatic rings. The molecule has 90 valence electrons. The quantitative estimate of drug-likeness (QED) is 0.749. The number of hydrogen-bond donors (Lipinski definition) is 1. The van der Waals surface area contributed by atoms with Gasteiger partial charge in [-0.2, -0.15) is 0 Å². The average molecular weight is 234 g/mol. The van der Waals surface area contributed by atoms with E-state index < -0.39 is 9.84 Å². The molecule has 0 saturated carbocycles. The predicted molar refractivity (Wildman–Crippen MR) is 62.5 cm³/mol. The molecule has 2 unspecified atom stereocenters. The Balaban J connectivity index is 2.51. The van der Waals surface area contributed by atoms with Crippen LogP contribution in [0.5, 0.6) is 0 Å². The minimum atomic E-state index is -2.79. The zero-order valence-corrected chi connectivity index (χ0v) is 10.5. The van der Waals surface area contributed by atoms with Crippen LogP contribution < -0.4 is 5.73 Å². The van der Waals surface area contributed by atoms with Crippen molar-refractivity contribution in [1.82, 2.24) is 4.90 Å². The highest BCUT2D eigenvalue weighted by molar-refractivity contribution is 7.91. The molecular weight excluding hydrogens is 212 g/mol. The Kier molecular flexibility index (Phi) is 4.55. The third kappa shape index (κ3) is 3.74. The molecule has 1 heterocycles. The van der Waals surface area contributed by atoms with Crippen molar-refractivity contribution < 1.29 is 8.42 Å². The van der Waals surface area contributed by atoms with Crippen molar-refractivity contribution in [1.29, 1.82) is 0 Å². The number of sulfone groups is 1. The molecule has 0 aromatic heterocycles. The molecule has 0 aliphatic carbocycles. The molecule has 15 heavy (non-hydrogen) atoms. The molecule has 1 rings (SSSR count). The van der Waals surface area contributed by atoms with E-state index in [1.54, 1.807) is 0 Å². The zero-order valence-electron chi connectivity index (χ0n) is 9.65. The monoisotopic (exact) mass is 234 g/mol. The lowest BCUT2D eigenvalue weighted by atomic mass is 10.1. The molecule has 2 N–H and O–H groups in total. The maximum atomic E-state index is 11.4. The number of hydrogen-bond acceptors (Lipinski definition) is 4. The van der Waals surface area contributed by atoms with Crippen LogP contribution in [-0.4, -0.2) is 50.5 Å². The van der Waals surface area contributed by atoms with Gasteiger partial charge in [-0.1, -0.05) is 13.3 Å². The molecule has 0 amide bonds. The molecule has 1 aliphatic heterocycles. The second-order valence-electron chi connectivity index (χ2n) is 4.47. The van der Waals surface area contributed by atoms with Gasteiger partial charge in [0.15, 0.2) is 9.84 Å². The van der Waals surface area contributed by atoms with Crippen molar-refractivity contribution >= 4 is 9.84 Å². The van der Waals surface area contributed by atoms with E-state index in [0.717, 1.165) is 13.0 Å². The van der Waals surface area contributed by atoms with E-state index in [0.29, 0.717) is 30.5 Å². The predicted octanol–water partition coefficient (Wildman–Crippen LogP) is 0.0902. The fourth-order valence-corrected chi connectivity index (χ4v) is 3.63. The van der Waals surface area contributed by atoms with Crippen LogP contribution in [0.2, 0.25) is 0 Å². The van der Waals surface area contributed by atoms with Crippen molar-refractivity contribution in [2.45, 2.75) is 26.3 Å². The normalized spacial score (nSPS) is 28.9. The molecule has 0 radical (unpaired) electrons. The van der Waals surface area contributed by atoms with Gasteiger partial charge in [0.25, 0.3) is 0 Å². The Morgan fingerprint density at radius 2 is 2.20 bits per heavy atom. The third-order valence-corrected chi connectivity index (χ3v) is 5.01. The van der Waals surface area contributed by atoms with E-state index in [9.17, 15) is 8.42 Å². The van der Waals surface area contributed by atoms with Crippen LogP contribution in [-0.2, 0) is 9.84 Å². The topological polar surface area (TPSA) is 63.4 Å². The van der Waals surface area contributed by atoms with Gasteiger partial charge in [0.2, 0.25) is 0 Å². The fraction of sp³-hybridized carbons (Fsp3) is 1.00. The number of nitrogens with two attached hydrogens (primary N) is 1. The van der Waals surface area contributed by atoms with Gasteiger partial charge in [0, 0.05) is 19.1 Å². The first kappa shape index (κ1) is 12.9. The summed E-state index contributed by atoms with van der Waals surface area (Å²) in [7, 11) is -2.79. The lowest BCUT2D eigenvalue weighted by Gasteiger charge is -2.35. The Morgan fingerprint density at radius 1 is 1.53 bits per heavy atom. The van der Waals surface area contributed by atoms with Gasteiger partial charge >= 0.3 is 0 Å². The van der Waals surface area contributed by atoms with Crippen LogP contribution in [0.3, 0.4) is 0 Å². The van der Waals surface area contributed by atoms with Crippen LogP contribution in [0.25, 0.3) is 0 Å². The lowest BCUT2D eigenvalue weighted by molar-refractivity contribution is 0.191. The maximum Gasteiger partial charge on any atom is 0.153 e. The molecule has 0 aromatic rings. The van der Waals surface area contributed by atoms with Gasteiger partial charge in [-0.25, -0.2) is 8.42 Å². The first-order valence-corrected chi connectivity index (χ1v) is 7.45. The standard InChI is InChI=1S/C10H22N2O2S/c1-3-10(6-11)7-12-4-5-15(13,14)8-9(12)2/h9-10H,3-8,11H2,1-2H3. The highest BCUT2D eigenvalue weighted by Crippen LogP contribution is 2.14. The highest BCUT2D eigenvalue weighted by Gasteiger charge is 2.28. The van der Waals surface area contributed by atoms with Crippen LogP contribution >= 0.6 is 0 Å². The molecule has 4 nitrogen and oxygen atoms in total. The van der Waals surface area contributed by atoms with Gasteiger partial charge in [-0.15, -0.1) is 0 Å². The van der Waals surface area contributed by atoms with Crippen LogP contribution in [0, 0.1) is 5.92 Å². The Labute approximate surface area is 92.7 Å².